The van der Waals surface area contributed by atoms with Gasteiger partial charge in [0, 0.05) is 31.5 Å². The molecule has 2 aromatic heterocycles. The summed E-state index contributed by atoms with van der Waals surface area (Å²) in [6.07, 6.45) is 1.83. The Hall–Kier alpha value is -3.23. The fraction of sp³-hybridized carbons (Fsp3) is 0.389. The predicted octanol–water partition coefficient (Wildman–Crippen LogP) is 2.52. The van der Waals surface area contributed by atoms with Crippen LogP contribution in [0.15, 0.2) is 39.4 Å². The number of piperidine rings is 1. The largest absolute Gasteiger partial charge is 0.340 e. The summed E-state index contributed by atoms with van der Waals surface area (Å²) < 4.78 is 10.3. The van der Waals surface area contributed by atoms with Crippen molar-refractivity contribution in [3.8, 4) is 11.5 Å². The lowest BCUT2D eigenvalue weighted by Gasteiger charge is -2.31. The highest BCUT2D eigenvalue weighted by Gasteiger charge is 2.27. The smallest absolute Gasteiger partial charge is 0.317 e. The summed E-state index contributed by atoms with van der Waals surface area (Å²) in [5.74, 6) is 2.17. The molecule has 1 saturated heterocycles. The number of likely N-dealkylation sites (tertiary alicyclic amines) is 1. The molecule has 0 radical (unpaired) electrons. The topological polar surface area (TPSA) is 110 Å². The van der Waals surface area contributed by atoms with Gasteiger partial charge in [-0.3, -0.25) is 0 Å². The summed E-state index contributed by atoms with van der Waals surface area (Å²) in [5, 5.41) is 10.8. The van der Waals surface area contributed by atoms with Gasteiger partial charge in [0.2, 0.25) is 5.89 Å². The van der Waals surface area contributed by atoms with Crippen molar-refractivity contribution < 1.29 is 13.8 Å². The van der Waals surface area contributed by atoms with Crippen LogP contribution in [0.5, 0.6) is 0 Å². The number of nitrogens with zero attached hydrogens (tertiary/aromatic N) is 5. The molecule has 1 atom stereocenters. The van der Waals surface area contributed by atoms with Gasteiger partial charge < -0.3 is 19.3 Å². The second-order valence-electron chi connectivity index (χ2n) is 6.50. The van der Waals surface area contributed by atoms with Crippen LogP contribution >= 0.6 is 0 Å². The highest BCUT2D eigenvalue weighted by molar-refractivity contribution is 5.74. The molecule has 0 saturated carbocycles. The van der Waals surface area contributed by atoms with Crippen LogP contribution in [0.3, 0.4) is 0 Å². The monoisotopic (exact) mass is 368 g/mol. The third-order valence-corrected chi connectivity index (χ3v) is 4.50. The van der Waals surface area contributed by atoms with E-state index >= 15 is 0 Å². The van der Waals surface area contributed by atoms with Gasteiger partial charge in [0.15, 0.2) is 11.6 Å². The van der Waals surface area contributed by atoms with Gasteiger partial charge >= 0.3 is 6.03 Å². The molecule has 0 unspecified atom stereocenters. The lowest BCUT2D eigenvalue weighted by atomic mass is 9.98. The molecule has 3 aromatic rings. The van der Waals surface area contributed by atoms with Gasteiger partial charge in [-0.1, -0.05) is 28.5 Å². The minimum atomic E-state index is -0.161. The molecule has 0 aliphatic carbocycles. The van der Waals surface area contributed by atoms with E-state index in [-0.39, 0.29) is 18.5 Å². The SMILES string of the molecule is Cc1nc([C@H]2CCCN(C(=O)NCc3noc(-c4ccccc4)n3)C2)no1. The van der Waals surface area contributed by atoms with Crippen LogP contribution in [0.1, 0.15) is 36.3 Å². The first-order valence-corrected chi connectivity index (χ1v) is 8.90. The molecule has 1 fully saturated rings. The Labute approximate surface area is 155 Å². The number of rotatable bonds is 4. The minimum Gasteiger partial charge on any atom is -0.340 e. The zero-order valence-corrected chi connectivity index (χ0v) is 15.0. The highest BCUT2D eigenvalue weighted by atomic mass is 16.5. The van der Waals surface area contributed by atoms with Crippen LogP contribution in [0.4, 0.5) is 4.79 Å². The van der Waals surface area contributed by atoms with E-state index in [9.17, 15) is 4.79 Å². The predicted molar refractivity (Wildman–Crippen MR) is 94.6 cm³/mol. The molecule has 140 valence electrons. The van der Waals surface area contributed by atoms with E-state index in [1.54, 1.807) is 11.8 Å². The Morgan fingerprint density at radius 1 is 1.22 bits per heavy atom. The zero-order chi connectivity index (χ0) is 18.6. The third-order valence-electron chi connectivity index (χ3n) is 4.50. The maximum absolute atomic E-state index is 12.5. The Kier molecular flexibility index (Phi) is 4.82. The first-order valence-electron chi connectivity index (χ1n) is 8.90. The molecular weight excluding hydrogens is 348 g/mol. The number of nitrogens with one attached hydrogen (secondary N) is 1. The molecule has 4 rings (SSSR count). The number of aryl methyl sites for hydroxylation is 1. The van der Waals surface area contributed by atoms with Crippen LogP contribution in [-0.4, -0.2) is 44.3 Å². The minimum absolute atomic E-state index is 0.0943. The molecular formula is C18H20N6O3. The fourth-order valence-corrected chi connectivity index (χ4v) is 3.14. The van der Waals surface area contributed by atoms with Gasteiger partial charge in [0.1, 0.15) is 0 Å². The molecule has 9 nitrogen and oxygen atoms in total. The lowest BCUT2D eigenvalue weighted by molar-refractivity contribution is 0.177. The molecule has 1 aromatic carbocycles. The lowest BCUT2D eigenvalue weighted by Crippen LogP contribution is -2.45. The van der Waals surface area contributed by atoms with Crippen LogP contribution in [-0.2, 0) is 6.54 Å². The van der Waals surface area contributed by atoms with E-state index in [2.05, 4.69) is 25.6 Å². The zero-order valence-electron chi connectivity index (χ0n) is 15.0. The summed E-state index contributed by atoms with van der Waals surface area (Å²) in [5.41, 5.74) is 0.844. The number of benzene rings is 1. The normalized spacial score (nSPS) is 17.1. The van der Waals surface area contributed by atoms with Gasteiger partial charge in [0.05, 0.1) is 6.54 Å². The number of amides is 2. The molecule has 0 spiro atoms. The Morgan fingerprint density at radius 3 is 2.85 bits per heavy atom. The second-order valence-corrected chi connectivity index (χ2v) is 6.50. The second kappa shape index (κ2) is 7.56. The van der Waals surface area contributed by atoms with Crippen molar-refractivity contribution in [1.29, 1.82) is 0 Å². The van der Waals surface area contributed by atoms with Crippen LogP contribution in [0.2, 0.25) is 0 Å². The number of carbonyl (C=O) groups excluding carboxylic acids is 1. The average Bonchev–Trinajstić information content (AvgIpc) is 3.36. The van der Waals surface area contributed by atoms with Gasteiger partial charge in [-0.05, 0) is 25.0 Å². The van der Waals surface area contributed by atoms with E-state index in [1.165, 1.54) is 0 Å². The summed E-state index contributed by atoms with van der Waals surface area (Å²) in [6.45, 7) is 3.23. The number of hydrogen-bond donors (Lipinski definition) is 1. The quantitative estimate of drug-likeness (QED) is 0.753. The van der Waals surface area contributed by atoms with Crippen LogP contribution < -0.4 is 5.32 Å². The maximum atomic E-state index is 12.5. The summed E-state index contributed by atoms with van der Waals surface area (Å²) in [6, 6.07) is 9.35. The molecule has 1 aliphatic rings. The summed E-state index contributed by atoms with van der Waals surface area (Å²) in [4.78, 5) is 22.9. The molecule has 3 heterocycles. The van der Waals surface area contributed by atoms with E-state index < -0.39 is 0 Å². The molecule has 27 heavy (non-hydrogen) atoms. The van der Waals surface area contributed by atoms with Gasteiger partial charge in [-0.2, -0.15) is 9.97 Å². The van der Waals surface area contributed by atoms with E-state index in [1.807, 2.05) is 30.3 Å². The van der Waals surface area contributed by atoms with Crippen molar-refractivity contribution in [2.45, 2.75) is 32.2 Å². The Bertz CT molecular complexity index is 907. The van der Waals surface area contributed by atoms with E-state index in [0.29, 0.717) is 36.5 Å². The summed E-state index contributed by atoms with van der Waals surface area (Å²) >= 11 is 0. The van der Waals surface area contributed by atoms with Gasteiger partial charge in [-0.15, -0.1) is 0 Å². The molecule has 0 bridgehead atoms. The third kappa shape index (κ3) is 3.97. The van der Waals surface area contributed by atoms with Crippen LogP contribution in [0.25, 0.3) is 11.5 Å². The highest BCUT2D eigenvalue weighted by Crippen LogP contribution is 2.24. The standard InChI is InChI=1S/C18H20N6O3/c1-12-20-16(23-26-12)14-8-5-9-24(11-14)18(25)19-10-15-21-17(27-22-15)13-6-3-2-4-7-13/h2-4,6-7,14H,5,8-11H2,1H3,(H,19,25)/t14-/m0/s1. The van der Waals surface area contributed by atoms with E-state index in [4.69, 9.17) is 9.05 Å². The van der Waals surface area contributed by atoms with Gasteiger partial charge in [-0.25, -0.2) is 4.79 Å². The first kappa shape index (κ1) is 17.2. The van der Waals surface area contributed by atoms with Crippen molar-refractivity contribution in [2.75, 3.05) is 13.1 Å². The average molecular weight is 368 g/mol. The van der Waals surface area contributed by atoms with Gasteiger partial charge in [0.25, 0.3) is 5.89 Å². The fourth-order valence-electron chi connectivity index (χ4n) is 3.14. The molecule has 2 amide bonds. The van der Waals surface area contributed by atoms with Crippen molar-refractivity contribution in [3.05, 3.63) is 47.9 Å². The van der Waals surface area contributed by atoms with Crippen molar-refractivity contribution >= 4 is 6.03 Å². The molecule has 1 N–H and O–H groups in total. The molecule has 1 aliphatic heterocycles. The number of aromatic nitrogens is 4. The maximum Gasteiger partial charge on any atom is 0.317 e. The van der Waals surface area contributed by atoms with Crippen LogP contribution in [0, 0.1) is 6.92 Å². The number of urea groups is 1. The Balaban J connectivity index is 1.33. The summed E-state index contributed by atoms with van der Waals surface area (Å²) in [7, 11) is 0. The van der Waals surface area contributed by atoms with Crippen molar-refractivity contribution in [2.24, 2.45) is 0 Å². The van der Waals surface area contributed by atoms with Crippen molar-refractivity contribution in [3.63, 3.8) is 0 Å². The van der Waals surface area contributed by atoms with E-state index in [0.717, 1.165) is 18.4 Å². The number of hydrogen-bond acceptors (Lipinski definition) is 7. The van der Waals surface area contributed by atoms with Crippen molar-refractivity contribution in [1.82, 2.24) is 30.5 Å². The Morgan fingerprint density at radius 2 is 2.07 bits per heavy atom. The number of carbonyl (C=O) groups is 1. The molecule has 9 heteroatoms. The first-order chi connectivity index (χ1) is 13.2.